The van der Waals surface area contributed by atoms with E-state index in [9.17, 15) is 0 Å². The number of methoxy groups -OCH3 is 1. The number of benzene rings is 2. The van der Waals surface area contributed by atoms with E-state index in [0.717, 1.165) is 39.6 Å². The number of rotatable bonds is 2. The Balaban J connectivity index is 1.92. The van der Waals surface area contributed by atoms with Crippen LogP contribution in [-0.4, -0.2) is 7.11 Å². The zero-order valence-corrected chi connectivity index (χ0v) is 17.7. The largest absolute Gasteiger partial charge is 0.496 e. The van der Waals surface area contributed by atoms with Crippen molar-refractivity contribution in [1.29, 1.82) is 0 Å². The van der Waals surface area contributed by atoms with Crippen molar-refractivity contribution in [3.8, 4) is 5.75 Å². The molecular formula is C21H23Br2NO. The van der Waals surface area contributed by atoms with Crippen LogP contribution in [0.3, 0.4) is 0 Å². The van der Waals surface area contributed by atoms with Gasteiger partial charge in [0, 0.05) is 16.1 Å². The highest BCUT2D eigenvalue weighted by Gasteiger charge is 2.29. The second-order valence-corrected chi connectivity index (χ2v) is 8.87. The highest BCUT2D eigenvalue weighted by Crippen LogP contribution is 2.47. The average Bonchev–Trinajstić information content (AvgIpc) is 2.62. The van der Waals surface area contributed by atoms with E-state index < -0.39 is 0 Å². The summed E-state index contributed by atoms with van der Waals surface area (Å²) in [4.78, 5) is 0. The van der Waals surface area contributed by atoms with Crippen LogP contribution in [0.5, 0.6) is 5.75 Å². The quantitative estimate of drug-likeness (QED) is 0.541. The van der Waals surface area contributed by atoms with Gasteiger partial charge in [-0.2, -0.15) is 0 Å². The van der Waals surface area contributed by atoms with Crippen molar-refractivity contribution >= 4 is 37.5 Å². The minimum atomic E-state index is 0.370. The standard InChI is InChI=1S/C21H23Br2NO/c1-25-19-11-16-13(9-17(19)22)6-4-8-15(16)20-14-7-3-2-5-12(14)10-18(23)21(20)24/h9-11,15H,2-8,24H2,1H3. The second-order valence-electron chi connectivity index (χ2n) is 7.16. The Kier molecular flexibility index (Phi) is 4.85. The molecule has 1 unspecified atom stereocenters. The average molecular weight is 465 g/mol. The number of aryl methyl sites for hydroxylation is 2. The number of halogens is 2. The molecule has 2 aliphatic carbocycles. The summed E-state index contributed by atoms with van der Waals surface area (Å²) in [5, 5.41) is 0. The molecule has 2 nitrogen and oxygen atoms in total. The summed E-state index contributed by atoms with van der Waals surface area (Å²) in [5.74, 6) is 1.28. The van der Waals surface area contributed by atoms with Gasteiger partial charge in [0.25, 0.3) is 0 Å². The van der Waals surface area contributed by atoms with Gasteiger partial charge in [-0.05, 0) is 123 Å². The van der Waals surface area contributed by atoms with Crippen LogP contribution in [0, 0.1) is 0 Å². The molecule has 4 rings (SSSR count). The third kappa shape index (κ3) is 3.02. The first-order chi connectivity index (χ1) is 12.1. The lowest BCUT2D eigenvalue weighted by Gasteiger charge is -2.32. The summed E-state index contributed by atoms with van der Waals surface area (Å²) >= 11 is 7.36. The second kappa shape index (κ2) is 6.96. The van der Waals surface area contributed by atoms with Crippen molar-refractivity contribution < 1.29 is 4.74 Å². The molecule has 0 spiro atoms. The first-order valence-corrected chi connectivity index (χ1v) is 10.6. The SMILES string of the molecule is COc1cc2c(cc1Br)CCCC2c1c(N)c(Br)cc2c1CCCC2. The maximum absolute atomic E-state index is 6.61. The summed E-state index contributed by atoms with van der Waals surface area (Å²) in [6.07, 6.45) is 8.37. The third-order valence-electron chi connectivity index (χ3n) is 5.76. The lowest BCUT2D eigenvalue weighted by Crippen LogP contribution is -2.18. The first-order valence-electron chi connectivity index (χ1n) is 9.06. The van der Waals surface area contributed by atoms with Crippen LogP contribution in [0.25, 0.3) is 0 Å². The maximum Gasteiger partial charge on any atom is 0.133 e. The van der Waals surface area contributed by atoms with Gasteiger partial charge in [0.1, 0.15) is 5.75 Å². The number of hydrogen-bond donors (Lipinski definition) is 1. The van der Waals surface area contributed by atoms with E-state index in [1.54, 1.807) is 7.11 Å². The molecule has 0 saturated carbocycles. The van der Waals surface area contributed by atoms with E-state index in [0.29, 0.717) is 5.92 Å². The van der Waals surface area contributed by atoms with Gasteiger partial charge in [-0.3, -0.25) is 0 Å². The molecule has 0 heterocycles. The Labute approximate surface area is 166 Å². The minimum absolute atomic E-state index is 0.370. The van der Waals surface area contributed by atoms with Crippen molar-refractivity contribution in [3.63, 3.8) is 0 Å². The molecule has 2 N–H and O–H groups in total. The molecule has 2 aromatic rings. The van der Waals surface area contributed by atoms with Crippen LogP contribution in [0.2, 0.25) is 0 Å². The minimum Gasteiger partial charge on any atom is -0.496 e. The summed E-state index contributed by atoms with van der Waals surface area (Å²) in [5.41, 5.74) is 14.7. The number of fused-ring (bicyclic) bond motifs is 2. The zero-order chi connectivity index (χ0) is 17.6. The summed E-state index contributed by atoms with van der Waals surface area (Å²) in [6, 6.07) is 6.71. The number of nitrogen functional groups attached to an aromatic ring is 1. The van der Waals surface area contributed by atoms with Crippen LogP contribution < -0.4 is 10.5 Å². The van der Waals surface area contributed by atoms with Crippen molar-refractivity contribution in [2.24, 2.45) is 0 Å². The normalized spacial score (nSPS) is 19.2. The fourth-order valence-corrected chi connectivity index (χ4v) is 5.62. The number of nitrogens with two attached hydrogens (primary N) is 1. The fourth-order valence-electron chi connectivity index (χ4n) is 4.58. The first kappa shape index (κ1) is 17.4. The molecule has 0 aromatic heterocycles. The molecule has 25 heavy (non-hydrogen) atoms. The molecular weight excluding hydrogens is 442 g/mol. The van der Waals surface area contributed by atoms with Crippen LogP contribution in [0.1, 0.15) is 59.4 Å². The highest BCUT2D eigenvalue weighted by molar-refractivity contribution is 9.11. The van der Waals surface area contributed by atoms with Crippen molar-refractivity contribution in [1.82, 2.24) is 0 Å². The van der Waals surface area contributed by atoms with Crippen LogP contribution >= 0.6 is 31.9 Å². The molecule has 0 saturated heterocycles. The van der Waals surface area contributed by atoms with E-state index in [4.69, 9.17) is 10.5 Å². The molecule has 4 heteroatoms. The van der Waals surface area contributed by atoms with E-state index in [-0.39, 0.29) is 0 Å². The molecule has 0 fully saturated rings. The van der Waals surface area contributed by atoms with E-state index in [2.05, 4.69) is 50.1 Å². The Bertz CT molecular complexity index is 831. The Morgan fingerprint density at radius 2 is 1.68 bits per heavy atom. The smallest absolute Gasteiger partial charge is 0.133 e. The van der Waals surface area contributed by atoms with Gasteiger partial charge in [0.15, 0.2) is 0 Å². The molecule has 2 aliphatic rings. The molecule has 2 aromatic carbocycles. The topological polar surface area (TPSA) is 35.2 Å². The van der Waals surface area contributed by atoms with Crippen molar-refractivity contribution in [3.05, 3.63) is 55.0 Å². The van der Waals surface area contributed by atoms with Gasteiger partial charge < -0.3 is 10.5 Å². The Morgan fingerprint density at radius 3 is 2.48 bits per heavy atom. The van der Waals surface area contributed by atoms with Crippen LogP contribution in [0.15, 0.2) is 27.1 Å². The summed E-state index contributed by atoms with van der Waals surface area (Å²) < 4.78 is 7.67. The van der Waals surface area contributed by atoms with Crippen molar-refractivity contribution in [2.75, 3.05) is 12.8 Å². The van der Waals surface area contributed by atoms with E-state index >= 15 is 0 Å². The van der Waals surface area contributed by atoms with Gasteiger partial charge in [-0.15, -0.1) is 0 Å². The van der Waals surface area contributed by atoms with Gasteiger partial charge in [-0.25, -0.2) is 0 Å². The van der Waals surface area contributed by atoms with Crippen LogP contribution in [0.4, 0.5) is 5.69 Å². The Hall–Kier alpha value is -1.00. The molecule has 0 aliphatic heterocycles. The molecule has 0 radical (unpaired) electrons. The number of anilines is 1. The molecule has 1 atom stereocenters. The summed E-state index contributed by atoms with van der Waals surface area (Å²) in [7, 11) is 1.74. The number of hydrogen-bond acceptors (Lipinski definition) is 2. The van der Waals surface area contributed by atoms with Crippen molar-refractivity contribution in [2.45, 2.75) is 50.9 Å². The van der Waals surface area contributed by atoms with E-state index in [1.165, 1.54) is 53.5 Å². The van der Waals surface area contributed by atoms with Gasteiger partial charge in [0.05, 0.1) is 11.6 Å². The van der Waals surface area contributed by atoms with Gasteiger partial charge >= 0.3 is 0 Å². The lowest BCUT2D eigenvalue weighted by atomic mass is 9.74. The molecule has 0 amide bonds. The molecule has 132 valence electrons. The third-order valence-corrected chi connectivity index (χ3v) is 7.04. The predicted molar refractivity (Wildman–Crippen MR) is 111 cm³/mol. The molecule has 0 bridgehead atoms. The van der Waals surface area contributed by atoms with Crippen LogP contribution in [-0.2, 0) is 19.3 Å². The summed E-state index contributed by atoms with van der Waals surface area (Å²) in [6.45, 7) is 0. The number of ether oxygens (including phenoxy) is 1. The van der Waals surface area contributed by atoms with E-state index in [1.807, 2.05) is 0 Å². The lowest BCUT2D eigenvalue weighted by molar-refractivity contribution is 0.410. The highest BCUT2D eigenvalue weighted by atomic mass is 79.9. The predicted octanol–water partition coefficient (Wildman–Crippen LogP) is 6.15. The fraction of sp³-hybridized carbons (Fsp3) is 0.429. The Morgan fingerprint density at radius 1 is 0.960 bits per heavy atom. The maximum atomic E-state index is 6.61. The van der Waals surface area contributed by atoms with Gasteiger partial charge in [-0.1, -0.05) is 0 Å². The zero-order valence-electron chi connectivity index (χ0n) is 14.5. The monoisotopic (exact) mass is 463 g/mol. The van der Waals surface area contributed by atoms with Gasteiger partial charge in [0.2, 0.25) is 0 Å².